The molecule has 156 valence electrons. The zero-order valence-corrected chi connectivity index (χ0v) is 19.2. The molecule has 0 spiro atoms. The molecule has 0 aliphatic heterocycles. The van der Waals surface area contributed by atoms with E-state index in [0.717, 1.165) is 44.2 Å². The molecule has 1 aromatic carbocycles. The lowest BCUT2D eigenvalue weighted by Crippen LogP contribution is -1.98. The maximum Gasteiger partial charge on any atom is 0.188 e. The van der Waals surface area contributed by atoms with Gasteiger partial charge in [0.05, 0.1) is 11.4 Å². The van der Waals surface area contributed by atoms with Crippen molar-refractivity contribution >= 4 is 46.5 Å². The molecule has 6 nitrogen and oxygen atoms in total. The van der Waals surface area contributed by atoms with Crippen molar-refractivity contribution in [2.75, 3.05) is 5.32 Å². The third kappa shape index (κ3) is 5.33. The average Bonchev–Trinajstić information content (AvgIpc) is 3.27. The van der Waals surface area contributed by atoms with Crippen LogP contribution in [-0.2, 0) is 5.75 Å². The Morgan fingerprint density at radius 1 is 1.17 bits per heavy atom. The van der Waals surface area contributed by atoms with Crippen LogP contribution in [0.1, 0.15) is 22.7 Å². The van der Waals surface area contributed by atoms with Gasteiger partial charge in [-0.05, 0) is 39.0 Å². The quantitative estimate of drug-likeness (QED) is 0.307. The molecule has 0 aliphatic carbocycles. The van der Waals surface area contributed by atoms with Crippen molar-refractivity contribution in [3.05, 3.63) is 70.7 Å². The number of nitrogens with zero attached hydrogens (tertiary/aromatic N) is 3. The van der Waals surface area contributed by atoms with E-state index in [4.69, 9.17) is 9.26 Å². The molecule has 0 fully saturated rings. The lowest BCUT2D eigenvalue weighted by atomic mass is 10.2. The van der Waals surface area contributed by atoms with E-state index in [0.29, 0.717) is 11.6 Å². The Balaban J connectivity index is 0.00000256. The minimum atomic E-state index is 0. The second-order valence-corrected chi connectivity index (χ2v) is 8.35. The molecule has 0 radical (unpaired) electrons. The Morgan fingerprint density at radius 3 is 2.63 bits per heavy atom. The summed E-state index contributed by atoms with van der Waals surface area (Å²) in [6.07, 6.45) is 1.84. The predicted molar refractivity (Wildman–Crippen MR) is 124 cm³/mol. The lowest BCUT2D eigenvalue weighted by molar-refractivity contribution is 0.392. The number of hydrogen-bond donors (Lipinski definition) is 1. The van der Waals surface area contributed by atoms with Crippen molar-refractivity contribution in [3.8, 4) is 11.5 Å². The van der Waals surface area contributed by atoms with Gasteiger partial charge in [-0.25, -0.2) is 9.97 Å². The van der Waals surface area contributed by atoms with Gasteiger partial charge >= 0.3 is 0 Å². The van der Waals surface area contributed by atoms with Gasteiger partial charge in [0.15, 0.2) is 16.7 Å². The van der Waals surface area contributed by atoms with E-state index >= 15 is 0 Å². The first kappa shape index (κ1) is 22.1. The number of hydrogen-bond acceptors (Lipinski definition) is 8. The summed E-state index contributed by atoms with van der Waals surface area (Å²) in [6.45, 7) is 5.85. The largest absolute Gasteiger partial charge is 0.453 e. The van der Waals surface area contributed by atoms with Crippen LogP contribution in [0.25, 0.3) is 0 Å². The molecular weight excluding hydrogens is 440 g/mol. The SMILES string of the molecule is Cc1csc(Nc2ncc(SCc3c(C)noc3C)cc2Oc2ccccc2)n1.Cl. The molecule has 30 heavy (non-hydrogen) atoms. The fourth-order valence-corrected chi connectivity index (χ4v) is 4.40. The number of aryl methyl sites for hydroxylation is 3. The molecule has 4 rings (SSSR count). The van der Waals surface area contributed by atoms with Crippen molar-refractivity contribution in [2.24, 2.45) is 0 Å². The fraction of sp³-hybridized carbons (Fsp3) is 0.190. The van der Waals surface area contributed by atoms with Gasteiger partial charge < -0.3 is 14.6 Å². The van der Waals surface area contributed by atoms with Crippen molar-refractivity contribution < 1.29 is 9.26 Å². The second-order valence-electron chi connectivity index (χ2n) is 6.44. The van der Waals surface area contributed by atoms with Crippen molar-refractivity contribution in [2.45, 2.75) is 31.4 Å². The standard InChI is InChI=1S/C21H20N4O2S2.ClH/c1-13-11-29-21(23-13)24-20-19(26-16-7-5-4-6-8-16)9-17(10-22-20)28-12-18-14(2)25-27-15(18)3;/h4-11H,12H2,1-3H3,(H,22,23,24);1H. The Labute approximate surface area is 189 Å². The smallest absolute Gasteiger partial charge is 0.188 e. The van der Waals surface area contributed by atoms with E-state index < -0.39 is 0 Å². The zero-order chi connectivity index (χ0) is 20.2. The number of para-hydroxylation sites is 1. The third-order valence-corrected chi connectivity index (χ3v) is 6.07. The summed E-state index contributed by atoms with van der Waals surface area (Å²) in [5.74, 6) is 3.63. The van der Waals surface area contributed by atoms with Crippen LogP contribution in [0.5, 0.6) is 11.5 Å². The number of rotatable bonds is 7. The van der Waals surface area contributed by atoms with Crippen LogP contribution in [-0.4, -0.2) is 15.1 Å². The molecule has 0 atom stereocenters. The summed E-state index contributed by atoms with van der Waals surface area (Å²) in [7, 11) is 0. The molecule has 0 bridgehead atoms. The Morgan fingerprint density at radius 2 is 1.97 bits per heavy atom. The van der Waals surface area contributed by atoms with Crippen molar-refractivity contribution in [3.63, 3.8) is 0 Å². The first-order chi connectivity index (χ1) is 14.1. The highest BCUT2D eigenvalue weighted by Gasteiger charge is 2.13. The molecule has 4 aromatic rings. The number of nitrogens with one attached hydrogen (secondary N) is 1. The molecule has 0 saturated heterocycles. The van der Waals surface area contributed by atoms with Crippen LogP contribution in [0.3, 0.4) is 0 Å². The van der Waals surface area contributed by atoms with Crippen LogP contribution in [0.2, 0.25) is 0 Å². The number of thiazole rings is 1. The molecule has 0 unspecified atom stereocenters. The molecule has 9 heteroatoms. The number of halogens is 1. The van der Waals surface area contributed by atoms with Gasteiger partial charge in [0, 0.05) is 27.8 Å². The zero-order valence-electron chi connectivity index (χ0n) is 16.7. The molecule has 1 N–H and O–H groups in total. The third-order valence-electron chi connectivity index (χ3n) is 4.21. The highest BCUT2D eigenvalue weighted by Crippen LogP contribution is 2.35. The van der Waals surface area contributed by atoms with E-state index in [-0.39, 0.29) is 12.4 Å². The summed E-state index contributed by atoms with van der Waals surface area (Å²) in [5.41, 5.74) is 3.00. The van der Waals surface area contributed by atoms with E-state index in [1.54, 1.807) is 11.8 Å². The summed E-state index contributed by atoms with van der Waals surface area (Å²) < 4.78 is 11.4. The molecule has 0 amide bonds. The van der Waals surface area contributed by atoms with Crippen LogP contribution in [0.4, 0.5) is 10.9 Å². The van der Waals surface area contributed by atoms with Crippen LogP contribution in [0, 0.1) is 20.8 Å². The Bertz CT molecular complexity index is 1100. The second kappa shape index (κ2) is 9.97. The van der Waals surface area contributed by atoms with E-state index in [9.17, 15) is 0 Å². The van der Waals surface area contributed by atoms with Crippen molar-refractivity contribution in [1.29, 1.82) is 0 Å². The highest BCUT2D eigenvalue weighted by molar-refractivity contribution is 7.98. The summed E-state index contributed by atoms with van der Waals surface area (Å²) in [6, 6.07) is 11.7. The number of benzene rings is 1. The van der Waals surface area contributed by atoms with Gasteiger partial charge in [0.25, 0.3) is 0 Å². The molecule has 3 heterocycles. The first-order valence-electron chi connectivity index (χ1n) is 9.05. The van der Waals surface area contributed by atoms with Gasteiger partial charge in [-0.1, -0.05) is 23.4 Å². The number of ether oxygens (including phenoxy) is 1. The number of pyridine rings is 1. The van der Waals surface area contributed by atoms with E-state index in [2.05, 4.69) is 20.4 Å². The normalized spacial score (nSPS) is 10.5. The predicted octanol–water partition coefficient (Wildman–Crippen LogP) is 6.70. The van der Waals surface area contributed by atoms with Gasteiger partial charge in [0.2, 0.25) is 0 Å². The van der Waals surface area contributed by atoms with Gasteiger partial charge in [0.1, 0.15) is 11.5 Å². The first-order valence-corrected chi connectivity index (χ1v) is 10.9. The van der Waals surface area contributed by atoms with E-state index in [1.165, 1.54) is 11.3 Å². The van der Waals surface area contributed by atoms with Gasteiger partial charge in [-0.2, -0.15) is 0 Å². The summed E-state index contributed by atoms with van der Waals surface area (Å²) in [4.78, 5) is 10.0. The number of aromatic nitrogens is 3. The lowest BCUT2D eigenvalue weighted by Gasteiger charge is -2.12. The van der Waals surface area contributed by atoms with Crippen molar-refractivity contribution in [1.82, 2.24) is 15.1 Å². The minimum absolute atomic E-state index is 0. The Hall–Kier alpha value is -2.55. The number of thioether (sulfide) groups is 1. The van der Waals surface area contributed by atoms with Crippen LogP contribution in [0.15, 0.2) is 57.4 Å². The average molecular weight is 461 g/mol. The van der Waals surface area contributed by atoms with Crippen LogP contribution >= 0.6 is 35.5 Å². The summed E-state index contributed by atoms with van der Waals surface area (Å²) in [5, 5.41) is 10.1. The monoisotopic (exact) mass is 460 g/mol. The van der Waals surface area contributed by atoms with Gasteiger partial charge in [-0.15, -0.1) is 35.5 Å². The highest BCUT2D eigenvalue weighted by atomic mass is 35.5. The maximum atomic E-state index is 6.12. The maximum absolute atomic E-state index is 6.12. The topological polar surface area (TPSA) is 73.1 Å². The van der Waals surface area contributed by atoms with E-state index in [1.807, 2.05) is 68.7 Å². The number of anilines is 2. The molecule has 0 aliphatic rings. The fourth-order valence-electron chi connectivity index (χ4n) is 2.67. The van der Waals surface area contributed by atoms with Crippen LogP contribution < -0.4 is 10.1 Å². The molecular formula is C21H21ClN4O2S2. The Kier molecular flexibility index (Phi) is 7.36. The van der Waals surface area contributed by atoms with Gasteiger partial charge in [-0.3, -0.25) is 0 Å². The summed E-state index contributed by atoms with van der Waals surface area (Å²) >= 11 is 3.20. The molecule has 0 saturated carbocycles. The minimum Gasteiger partial charge on any atom is -0.453 e. The molecule has 3 aromatic heterocycles.